The molecule has 0 unspecified atom stereocenters. The number of aromatic nitrogens is 1. The molecule has 3 nitrogen and oxygen atoms in total. The van der Waals surface area contributed by atoms with Gasteiger partial charge in [-0.1, -0.05) is 6.92 Å². The smallest absolute Gasteiger partial charge is 0.173 e. The summed E-state index contributed by atoms with van der Waals surface area (Å²) in [7, 11) is 1.60. The monoisotopic (exact) mass is 376 g/mol. The van der Waals surface area contributed by atoms with Crippen molar-refractivity contribution in [1.82, 2.24) is 10.3 Å². The number of nitrogens with one attached hydrogen (secondary N) is 1. The summed E-state index contributed by atoms with van der Waals surface area (Å²) in [6.07, 6.45) is 0. The number of halogens is 3. The third kappa shape index (κ3) is 3.66. The Bertz CT molecular complexity index is 634. The second-order valence-electron chi connectivity index (χ2n) is 4.33. The number of ether oxygens (including phenoxy) is 1. The van der Waals surface area contributed by atoms with E-state index in [0.29, 0.717) is 23.7 Å². The number of nitrogens with zero attached hydrogens (tertiary/aromatic N) is 1. The minimum atomic E-state index is -0.899. The van der Waals surface area contributed by atoms with E-state index in [9.17, 15) is 8.78 Å². The largest absolute Gasteiger partial charge is 0.378 e. The molecule has 1 heterocycles. The van der Waals surface area contributed by atoms with Crippen molar-refractivity contribution in [3.05, 3.63) is 38.8 Å². The molecule has 1 aromatic carbocycles. The Hall–Kier alpha value is -0.890. The molecule has 0 radical (unpaired) electrons. The maximum atomic E-state index is 13.7. The molecule has 0 saturated heterocycles. The van der Waals surface area contributed by atoms with Gasteiger partial charge in [-0.15, -0.1) is 11.3 Å². The third-order valence-corrected chi connectivity index (χ3v) is 4.77. The van der Waals surface area contributed by atoms with E-state index in [0.717, 1.165) is 23.2 Å². The van der Waals surface area contributed by atoms with Crippen LogP contribution in [0.5, 0.6) is 0 Å². The molecule has 0 saturated carbocycles. The SMILES string of the molecule is CCNCc1sc(-c2ccc(F)c(F)c2Br)nc1COC. The predicted molar refractivity (Wildman–Crippen MR) is 83.3 cm³/mol. The predicted octanol–water partition coefficient (Wildman–Crippen LogP) is 4.11. The molecule has 1 aromatic heterocycles. The van der Waals surface area contributed by atoms with Gasteiger partial charge >= 0.3 is 0 Å². The van der Waals surface area contributed by atoms with Crippen LogP contribution in [0.25, 0.3) is 10.6 Å². The van der Waals surface area contributed by atoms with Crippen LogP contribution < -0.4 is 5.32 Å². The van der Waals surface area contributed by atoms with E-state index >= 15 is 0 Å². The van der Waals surface area contributed by atoms with Crippen LogP contribution in [-0.2, 0) is 17.9 Å². The highest BCUT2D eigenvalue weighted by Gasteiger charge is 2.18. The lowest BCUT2D eigenvalue weighted by atomic mass is 10.2. The lowest BCUT2D eigenvalue weighted by Crippen LogP contribution is -2.12. The van der Waals surface area contributed by atoms with Crippen molar-refractivity contribution in [3.8, 4) is 10.6 Å². The third-order valence-electron chi connectivity index (χ3n) is 2.86. The van der Waals surface area contributed by atoms with Gasteiger partial charge in [0.1, 0.15) is 5.01 Å². The van der Waals surface area contributed by atoms with Gasteiger partial charge in [0, 0.05) is 24.1 Å². The van der Waals surface area contributed by atoms with E-state index in [2.05, 4.69) is 26.2 Å². The average Bonchev–Trinajstić information content (AvgIpc) is 2.86. The van der Waals surface area contributed by atoms with Gasteiger partial charge in [0.2, 0.25) is 0 Å². The summed E-state index contributed by atoms with van der Waals surface area (Å²) in [4.78, 5) is 5.52. The Labute approximate surface area is 134 Å². The fraction of sp³-hybridized carbons (Fsp3) is 0.357. The first-order valence-corrected chi connectivity index (χ1v) is 8.01. The van der Waals surface area contributed by atoms with Crippen LogP contribution >= 0.6 is 27.3 Å². The first-order chi connectivity index (χ1) is 10.1. The van der Waals surface area contributed by atoms with Crippen molar-refractivity contribution in [1.29, 1.82) is 0 Å². The number of hydrogen-bond acceptors (Lipinski definition) is 4. The Morgan fingerprint density at radius 3 is 2.81 bits per heavy atom. The van der Waals surface area contributed by atoms with Gasteiger partial charge in [0.05, 0.1) is 16.8 Å². The van der Waals surface area contributed by atoms with Crippen molar-refractivity contribution in [2.45, 2.75) is 20.1 Å². The summed E-state index contributed by atoms with van der Waals surface area (Å²) in [5.41, 5.74) is 1.36. The summed E-state index contributed by atoms with van der Waals surface area (Å²) >= 11 is 4.55. The molecule has 0 atom stereocenters. The number of thiazole rings is 1. The van der Waals surface area contributed by atoms with E-state index in [4.69, 9.17) is 4.74 Å². The highest BCUT2D eigenvalue weighted by Crippen LogP contribution is 2.35. The maximum Gasteiger partial charge on any atom is 0.173 e. The average molecular weight is 377 g/mol. The summed E-state index contributed by atoms with van der Waals surface area (Å²) < 4.78 is 32.1. The Morgan fingerprint density at radius 2 is 2.14 bits per heavy atom. The molecule has 0 bridgehead atoms. The minimum absolute atomic E-state index is 0.0928. The first kappa shape index (κ1) is 16.5. The van der Waals surface area contributed by atoms with Gasteiger partial charge in [0.15, 0.2) is 11.6 Å². The Morgan fingerprint density at radius 1 is 1.38 bits per heavy atom. The van der Waals surface area contributed by atoms with E-state index in [-0.39, 0.29) is 4.47 Å². The molecule has 0 aliphatic heterocycles. The summed E-state index contributed by atoms with van der Waals surface area (Å²) in [5.74, 6) is -1.78. The molecule has 0 aliphatic carbocycles. The van der Waals surface area contributed by atoms with Crippen molar-refractivity contribution in [3.63, 3.8) is 0 Å². The quantitative estimate of drug-likeness (QED) is 0.770. The normalized spacial score (nSPS) is 11.1. The zero-order valence-electron chi connectivity index (χ0n) is 11.7. The highest BCUT2D eigenvalue weighted by atomic mass is 79.9. The van der Waals surface area contributed by atoms with Gasteiger partial charge in [0.25, 0.3) is 0 Å². The maximum absolute atomic E-state index is 13.7. The van der Waals surface area contributed by atoms with E-state index < -0.39 is 11.6 Å². The lowest BCUT2D eigenvalue weighted by Gasteiger charge is -2.02. The highest BCUT2D eigenvalue weighted by molar-refractivity contribution is 9.10. The minimum Gasteiger partial charge on any atom is -0.378 e. The van der Waals surface area contributed by atoms with Gasteiger partial charge < -0.3 is 10.1 Å². The van der Waals surface area contributed by atoms with Crippen LogP contribution in [0.4, 0.5) is 8.78 Å². The number of rotatable bonds is 6. The van der Waals surface area contributed by atoms with Gasteiger partial charge in [-0.25, -0.2) is 13.8 Å². The number of hydrogen-bond donors (Lipinski definition) is 1. The van der Waals surface area contributed by atoms with E-state index in [1.54, 1.807) is 7.11 Å². The molecule has 0 spiro atoms. The van der Waals surface area contributed by atoms with E-state index in [1.165, 1.54) is 17.4 Å². The molecular weight excluding hydrogens is 362 g/mol. The van der Waals surface area contributed by atoms with Crippen LogP contribution in [0.3, 0.4) is 0 Å². The Kier molecular flexibility index (Phi) is 5.80. The zero-order valence-corrected chi connectivity index (χ0v) is 14.1. The van der Waals surface area contributed by atoms with Crippen LogP contribution in [-0.4, -0.2) is 18.6 Å². The van der Waals surface area contributed by atoms with Crippen LogP contribution in [0.2, 0.25) is 0 Å². The fourth-order valence-electron chi connectivity index (χ4n) is 1.82. The summed E-state index contributed by atoms with van der Waals surface area (Å²) in [5, 5.41) is 3.87. The molecule has 2 aromatic rings. The second kappa shape index (κ2) is 7.40. The molecule has 0 amide bonds. The first-order valence-electron chi connectivity index (χ1n) is 6.40. The summed E-state index contributed by atoms with van der Waals surface area (Å²) in [6, 6.07) is 2.63. The van der Waals surface area contributed by atoms with Crippen molar-refractivity contribution in [2.75, 3.05) is 13.7 Å². The molecule has 0 aliphatic rings. The van der Waals surface area contributed by atoms with Crippen LogP contribution in [0.1, 0.15) is 17.5 Å². The van der Waals surface area contributed by atoms with Crippen molar-refractivity contribution >= 4 is 27.3 Å². The molecular formula is C14H15BrF2N2OS. The molecule has 2 rings (SSSR count). The van der Waals surface area contributed by atoms with Gasteiger partial charge in [-0.05, 0) is 34.6 Å². The van der Waals surface area contributed by atoms with E-state index in [1.807, 2.05) is 6.92 Å². The van der Waals surface area contributed by atoms with Crippen LogP contribution in [0.15, 0.2) is 16.6 Å². The zero-order chi connectivity index (χ0) is 15.4. The standard InChI is InChI=1S/C14H15BrF2N2OS/c1-3-18-6-11-10(7-20-2)19-14(21-11)8-4-5-9(16)13(17)12(8)15/h4-5,18H,3,6-7H2,1-2H3. The Balaban J connectivity index is 2.42. The lowest BCUT2D eigenvalue weighted by molar-refractivity contribution is 0.181. The summed E-state index contributed by atoms with van der Waals surface area (Å²) in [6.45, 7) is 3.92. The molecule has 0 fully saturated rings. The molecule has 1 N–H and O–H groups in total. The van der Waals surface area contributed by atoms with Gasteiger partial charge in [-0.2, -0.15) is 0 Å². The van der Waals surface area contributed by atoms with Crippen molar-refractivity contribution in [2.24, 2.45) is 0 Å². The number of benzene rings is 1. The topological polar surface area (TPSA) is 34.2 Å². The molecule has 7 heteroatoms. The van der Waals surface area contributed by atoms with Crippen LogP contribution in [0, 0.1) is 11.6 Å². The number of methoxy groups -OCH3 is 1. The molecule has 21 heavy (non-hydrogen) atoms. The van der Waals surface area contributed by atoms with Gasteiger partial charge in [-0.3, -0.25) is 0 Å². The molecule has 114 valence electrons. The van der Waals surface area contributed by atoms with Crippen molar-refractivity contribution < 1.29 is 13.5 Å². The fourth-order valence-corrected chi connectivity index (χ4v) is 3.52. The second-order valence-corrected chi connectivity index (χ2v) is 6.20.